The third kappa shape index (κ3) is 3.80. The van der Waals surface area contributed by atoms with Gasteiger partial charge in [-0.05, 0) is 46.4 Å². The summed E-state index contributed by atoms with van der Waals surface area (Å²) in [5.74, 6) is 0. The van der Waals surface area contributed by atoms with Crippen molar-refractivity contribution in [3.05, 3.63) is 119 Å². The van der Waals surface area contributed by atoms with Crippen LogP contribution in [0.3, 0.4) is 0 Å². The van der Waals surface area contributed by atoms with Crippen molar-refractivity contribution in [2.75, 3.05) is 11.4 Å². The van der Waals surface area contributed by atoms with Crippen LogP contribution in [0.4, 0.5) is 11.4 Å². The van der Waals surface area contributed by atoms with Gasteiger partial charge < -0.3 is 4.90 Å². The van der Waals surface area contributed by atoms with Gasteiger partial charge in [0.1, 0.15) is 0 Å². The standard InChI is InChI=1S/C34H33N/c1-2-3-4-5-6-15-24-35-31-22-13-11-20-29(31)34(30-21-12-14-23-32(30)35)33-27-18-9-7-16-25(27)26-17-8-10-19-28(26)33/h7-14,16-23H,2-6,15,24H2,1H3. The number of benzene rings is 4. The fourth-order valence-corrected chi connectivity index (χ4v) is 5.96. The maximum Gasteiger partial charge on any atom is 0.0491 e. The maximum atomic E-state index is 2.57. The van der Waals surface area contributed by atoms with Crippen LogP contribution in [0.1, 0.15) is 67.7 Å². The predicted molar refractivity (Wildman–Crippen MR) is 150 cm³/mol. The fourth-order valence-electron chi connectivity index (χ4n) is 5.96. The average Bonchev–Trinajstić information content (AvgIpc) is 3.24. The first kappa shape index (κ1) is 21.9. The normalized spacial score (nSPS) is 13.3. The highest BCUT2D eigenvalue weighted by molar-refractivity contribution is 6.17. The minimum Gasteiger partial charge on any atom is -0.340 e. The molecule has 0 fully saturated rings. The Hall–Kier alpha value is -3.58. The van der Waals surface area contributed by atoms with E-state index < -0.39 is 0 Å². The van der Waals surface area contributed by atoms with Gasteiger partial charge in [0, 0.05) is 34.6 Å². The molecule has 0 N–H and O–H groups in total. The second-order valence-corrected chi connectivity index (χ2v) is 9.79. The summed E-state index contributed by atoms with van der Waals surface area (Å²) in [6.45, 7) is 3.35. The van der Waals surface area contributed by atoms with E-state index in [1.807, 2.05) is 0 Å². The zero-order valence-electron chi connectivity index (χ0n) is 20.6. The van der Waals surface area contributed by atoms with Crippen molar-refractivity contribution in [1.82, 2.24) is 0 Å². The van der Waals surface area contributed by atoms with Gasteiger partial charge in [-0.1, -0.05) is 124 Å². The van der Waals surface area contributed by atoms with Gasteiger partial charge in [-0.25, -0.2) is 0 Å². The highest BCUT2D eigenvalue weighted by Crippen LogP contribution is 2.53. The molecule has 1 heterocycles. The summed E-state index contributed by atoms with van der Waals surface area (Å²) >= 11 is 0. The van der Waals surface area contributed by atoms with Crippen molar-refractivity contribution in [3.8, 4) is 11.1 Å². The SMILES string of the molecule is CCCCCCCCN1c2ccccc2C(=C2c3ccccc3-c3ccccc32)c2ccccc21. The zero-order valence-corrected chi connectivity index (χ0v) is 20.6. The lowest BCUT2D eigenvalue weighted by atomic mass is 9.83. The molecule has 4 aromatic carbocycles. The molecule has 0 amide bonds. The highest BCUT2D eigenvalue weighted by atomic mass is 15.1. The molecule has 1 nitrogen and oxygen atoms in total. The quantitative estimate of drug-likeness (QED) is 0.221. The molecule has 0 unspecified atom stereocenters. The van der Waals surface area contributed by atoms with Crippen LogP contribution in [0.25, 0.3) is 22.3 Å². The molecule has 4 aromatic rings. The highest BCUT2D eigenvalue weighted by Gasteiger charge is 2.32. The lowest BCUT2D eigenvalue weighted by Gasteiger charge is -2.36. The minimum absolute atomic E-state index is 1.07. The van der Waals surface area contributed by atoms with Crippen LogP contribution in [0, 0.1) is 0 Å². The molecule has 1 aliphatic heterocycles. The Balaban J connectivity index is 1.50. The second kappa shape index (κ2) is 9.58. The van der Waals surface area contributed by atoms with Crippen LogP contribution in [-0.2, 0) is 0 Å². The molecule has 1 aliphatic carbocycles. The van der Waals surface area contributed by atoms with E-state index in [-0.39, 0.29) is 0 Å². The van der Waals surface area contributed by atoms with Gasteiger partial charge in [-0.3, -0.25) is 0 Å². The van der Waals surface area contributed by atoms with Crippen molar-refractivity contribution >= 4 is 22.5 Å². The molecule has 0 spiro atoms. The summed E-state index contributed by atoms with van der Waals surface area (Å²) < 4.78 is 0. The van der Waals surface area contributed by atoms with E-state index in [1.54, 1.807) is 0 Å². The molecular formula is C34H33N. The molecule has 1 heteroatoms. The third-order valence-electron chi connectivity index (χ3n) is 7.60. The zero-order chi connectivity index (χ0) is 23.6. The van der Waals surface area contributed by atoms with Gasteiger partial charge in [0.25, 0.3) is 0 Å². The van der Waals surface area contributed by atoms with Crippen LogP contribution >= 0.6 is 0 Å². The van der Waals surface area contributed by atoms with Crippen LogP contribution in [0.15, 0.2) is 97.1 Å². The van der Waals surface area contributed by atoms with Crippen molar-refractivity contribution in [3.63, 3.8) is 0 Å². The van der Waals surface area contributed by atoms with E-state index in [0.717, 1.165) is 6.54 Å². The van der Waals surface area contributed by atoms with E-state index in [9.17, 15) is 0 Å². The fraction of sp³-hybridized carbons (Fsp3) is 0.235. The van der Waals surface area contributed by atoms with E-state index >= 15 is 0 Å². The topological polar surface area (TPSA) is 3.24 Å². The van der Waals surface area contributed by atoms with Gasteiger partial charge in [-0.2, -0.15) is 0 Å². The number of nitrogens with zero attached hydrogens (tertiary/aromatic N) is 1. The third-order valence-corrected chi connectivity index (χ3v) is 7.60. The van der Waals surface area contributed by atoms with Gasteiger partial charge in [0.05, 0.1) is 0 Å². The lowest BCUT2D eigenvalue weighted by molar-refractivity contribution is 0.609. The first-order valence-corrected chi connectivity index (χ1v) is 13.3. The second-order valence-electron chi connectivity index (χ2n) is 9.79. The van der Waals surface area contributed by atoms with Gasteiger partial charge in [0.2, 0.25) is 0 Å². The Morgan fingerprint density at radius 2 is 0.829 bits per heavy atom. The van der Waals surface area contributed by atoms with Crippen molar-refractivity contribution in [1.29, 1.82) is 0 Å². The Labute approximate surface area is 209 Å². The maximum absolute atomic E-state index is 2.57. The lowest BCUT2D eigenvalue weighted by Crippen LogP contribution is -2.24. The molecule has 2 aliphatic rings. The summed E-state index contributed by atoms with van der Waals surface area (Å²) in [6.07, 6.45) is 7.89. The monoisotopic (exact) mass is 455 g/mol. The molecule has 0 bridgehead atoms. The summed E-state index contributed by atoms with van der Waals surface area (Å²) in [5.41, 5.74) is 13.5. The number of para-hydroxylation sites is 2. The van der Waals surface area contributed by atoms with E-state index in [2.05, 4.69) is 109 Å². The molecule has 0 radical (unpaired) electrons. The molecule has 35 heavy (non-hydrogen) atoms. The van der Waals surface area contributed by atoms with Crippen LogP contribution < -0.4 is 4.90 Å². The number of hydrogen-bond donors (Lipinski definition) is 0. The first-order chi connectivity index (χ1) is 17.4. The first-order valence-electron chi connectivity index (χ1n) is 13.3. The number of unbranched alkanes of at least 4 members (excludes halogenated alkanes) is 5. The van der Waals surface area contributed by atoms with Gasteiger partial charge >= 0.3 is 0 Å². The predicted octanol–water partition coefficient (Wildman–Crippen LogP) is 9.49. The summed E-state index contributed by atoms with van der Waals surface area (Å²) in [5, 5.41) is 0. The van der Waals surface area contributed by atoms with Crippen LogP contribution in [0.2, 0.25) is 0 Å². The van der Waals surface area contributed by atoms with E-state index in [4.69, 9.17) is 0 Å². The van der Waals surface area contributed by atoms with Crippen LogP contribution in [0.5, 0.6) is 0 Å². The number of rotatable bonds is 7. The minimum atomic E-state index is 1.07. The molecule has 0 atom stereocenters. The summed E-state index contributed by atoms with van der Waals surface area (Å²) in [4.78, 5) is 2.57. The molecule has 0 saturated carbocycles. The van der Waals surface area contributed by atoms with Crippen molar-refractivity contribution in [2.24, 2.45) is 0 Å². The van der Waals surface area contributed by atoms with Gasteiger partial charge in [-0.15, -0.1) is 0 Å². The average molecular weight is 456 g/mol. The Morgan fingerprint density at radius 3 is 1.37 bits per heavy atom. The molecule has 0 aromatic heterocycles. The number of hydrogen-bond acceptors (Lipinski definition) is 1. The summed E-state index contributed by atoms with van der Waals surface area (Å²) in [6, 6.07) is 35.9. The molecule has 174 valence electrons. The Morgan fingerprint density at radius 1 is 0.429 bits per heavy atom. The van der Waals surface area contributed by atoms with Crippen molar-refractivity contribution < 1.29 is 0 Å². The summed E-state index contributed by atoms with van der Waals surface area (Å²) in [7, 11) is 0. The number of fused-ring (bicyclic) bond motifs is 5. The van der Waals surface area contributed by atoms with Crippen LogP contribution in [-0.4, -0.2) is 6.54 Å². The molecular weight excluding hydrogens is 422 g/mol. The molecule has 6 rings (SSSR count). The Bertz CT molecular complexity index is 1300. The smallest absolute Gasteiger partial charge is 0.0491 e. The Kier molecular flexibility index (Phi) is 6.00. The van der Waals surface area contributed by atoms with Gasteiger partial charge in [0.15, 0.2) is 0 Å². The van der Waals surface area contributed by atoms with E-state index in [0.29, 0.717) is 0 Å². The molecule has 0 saturated heterocycles. The van der Waals surface area contributed by atoms with Crippen molar-refractivity contribution in [2.45, 2.75) is 45.4 Å². The number of anilines is 2. The van der Waals surface area contributed by atoms with E-state index in [1.165, 1.54) is 94.4 Å². The largest absolute Gasteiger partial charge is 0.340 e.